The zero-order valence-corrected chi connectivity index (χ0v) is 25.3. The van der Waals surface area contributed by atoms with Crippen LogP contribution in [0.4, 0.5) is 4.79 Å². The highest BCUT2D eigenvalue weighted by Gasteiger charge is 2.37. The lowest BCUT2D eigenvalue weighted by Gasteiger charge is -2.34. The molecule has 2 aromatic carbocycles. The van der Waals surface area contributed by atoms with Gasteiger partial charge < -0.3 is 35.2 Å². The molecule has 3 amide bonds. The van der Waals surface area contributed by atoms with Gasteiger partial charge in [0.15, 0.2) is 0 Å². The van der Waals surface area contributed by atoms with E-state index in [0.29, 0.717) is 0 Å². The molecule has 0 aliphatic rings. The molecule has 42 heavy (non-hydrogen) atoms. The number of carbonyl (C=O) groups is 4. The lowest BCUT2D eigenvalue weighted by atomic mass is 10.0. The van der Waals surface area contributed by atoms with Crippen molar-refractivity contribution < 1.29 is 38.9 Å². The van der Waals surface area contributed by atoms with Crippen molar-refractivity contribution in [1.82, 2.24) is 15.5 Å². The average Bonchev–Trinajstić information content (AvgIpc) is 2.86. The number of phenols is 1. The summed E-state index contributed by atoms with van der Waals surface area (Å²) in [5.74, 6) is -2.28. The number of carbonyl (C=O) groups excluding carboxylic acids is 4. The van der Waals surface area contributed by atoms with Crippen LogP contribution in [0.15, 0.2) is 54.6 Å². The van der Waals surface area contributed by atoms with Crippen LogP contribution in [0.1, 0.15) is 65.6 Å². The lowest BCUT2D eigenvalue weighted by Crippen LogP contribution is -2.54. The summed E-state index contributed by atoms with van der Waals surface area (Å²) in [7, 11) is 0. The smallest absolute Gasteiger partial charge is 0.408 e. The van der Waals surface area contributed by atoms with Gasteiger partial charge in [-0.1, -0.05) is 42.5 Å². The first-order valence-corrected chi connectivity index (χ1v) is 13.8. The van der Waals surface area contributed by atoms with Crippen LogP contribution in [0.3, 0.4) is 0 Å². The third kappa shape index (κ3) is 11.0. The Morgan fingerprint density at radius 1 is 0.881 bits per heavy atom. The number of hydrogen-bond donors (Lipinski definition) is 4. The number of esters is 1. The van der Waals surface area contributed by atoms with Gasteiger partial charge in [-0.3, -0.25) is 9.59 Å². The number of alkyl carbamates (subject to hydrolysis) is 1. The second kappa shape index (κ2) is 14.7. The number of rotatable bonds is 11. The molecule has 0 saturated heterocycles. The highest BCUT2D eigenvalue weighted by molar-refractivity contribution is 5.94. The van der Waals surface area contributed by atoms with Gasteiger partial charge in [0.2, 0.25) is 11.8 Å². The van der Waals surface area contributed by atoms with Crippen molar-refractivity contribution in [3.63, 3.8) is 0 Å². The zero-order valence-electron chi connectivity index (χ0n) is 25.3. The van der Waals surface area contributed by atoms with Gasteiger partial charge >= 0.3 is 12.1 Å². The van der Waals surface area contributed by atoms with Crippen molar-refractivity contribution in [2.24, 2.45) is 0 Å². The average molecular weight is 586 g/mol. The fourth-order valence-corrected chi connectivity index (χ4v) is 4.10. The maximum absolute atomic E-state index is 14.0. The van der Waals surface area contributed by atoms with Crippen molar-refractivity contribution in [2.45, 2.75) is 84.2 Å². The molecule has 11 heteroatoms. The van der Waals surface area contributed by atoms with Crippen LogP contribution in [0.2, 0.25) is 0 Å². The number of aromatic hydroxyl groups is 1. The van der Waals surface area contributed by atoms with Gasteiger partial charge in [-0.2, -0.15) is 0 Å². The fourth-order valence-electron chi connectivity index (χ4n) is 4.10. The molecule has 230 valence electrons. The molecule has 11 nitrogen and oxygen atoms in total. The first-order valence-electron chi connectivity index (χ1n) is 13.8. The zero-order chi connectivity index (χ0) is 31.7. The standard InChI is InChI=1S/C31H43N3O8/c1-20(32-29(40)42-31(5,6)7)27(38)34(16-17-35)25(22-14-11-15-23(36)19-22)26(37)33-24(28(39)41-30(2,3)4)18-21-12-9-8-10-13-21/h8-15,19-20,24-25,35-36H,16-18H2,1-7H3,(H,32,40)(H,33,37). The van der Waals surface area contributed by atoms with Crippen LogP contribution in [-0.2, 0) is 30.3 Å². The van der Waals surface area contributed by atoms with Crippen molar-refractivity contribution >= 4 is 23.9 Å². The van der Waals surface area contributed by atoms with E-state index in [1.54, 1.807) is 53.7 Å². The molecule has 0 bridgehead atoms. The summed E-state index contributed by atoms with van der Waals surface area (Å²) in [5.41, 5.74) is -0.650. The molecule has 2 rings (SSSR count). The molecule has 3 unspecified atom stereocenters. The molecular formula is C31H43N3O8. The number of nitrogens with zero attached hydrogens (tertiary/aromatic N) is 1. The topological polar surface area (TPSA) is 154 Å². The van der Waals surface area contributed by atoms with Crippen molar-refractivity contribution in [3.8, 4) is 5.75 Å². The molecule has 0 aromatic heterocycles. The number of amides is 3. The van der Waals surface area contributed by atoms with E-state index in [4.69, 9.17) is 9.47 Å². The van der Waals surface area contributed by atoms with Gasteiger partial charge in [0.05, 0.1) is 6.61 Å². The third-order valence-electron chi connectivity index (χ3n) is 5.76. The summed E-state index contributed by atoms with van der Waals surface area (Å²) in [6.45, 7) is 10.8. The largest absolute Gasteiger partial charge is 0.508 e. The third-order valence-corrected chi connectivity index (χ3v) is 5.76. The number of aliphatic hydroxyl groups is 1. The minimum absolute atomic E-state index is 0.110. The van der Waals surface area contributed by atoms with Gasteiger partial charge in [0.1, 0.15) is 35.1 Å². The Balaban J connectivity index is 2.48. The van der Waals surface area contributed by atoms with Crippen LogP contribution >= 0.6 is 0 Å². The Kier molecular flexibility index (Phi) is 11.9. The summed E-state index contributed by atoms with van der Waals surface area (Å²) >= 11 is 0. The monoisotopic (exact) mass is 585 g/mol. The van der Waals surface area contributed by atoms with Gasteiger partial charge in [-0.25, -0.2) is 9.59 Å². The maximum Gasteiger partial charge on any atom is 0.408 e. The van der Waals surface area contributed by atoms with E-state index in [1.807, 2.05) is 18.2 Å². The van der Waals surface area contributed by atoms with E-state index >= 15 is 0 Å². The SMILES string of the molecule is CC(NC(=O)OC(C)(C)C)C(=O)N(CCO)C(C(=O)NC(Cc1ccccc1)C(=O)OC(C)(C)C)c1cccc(O)c1. The molecule has 0 spiro atoms. The molecule has 4 N–H and O–H groups in total. The molecular weight excluding hydrogens is 542 g/mol. The number of aliphatic hydroxyl groups excluding tert-OH is 1. The molecule has 3 atom stereocenters. The second-order valence-electron chi connectivity index (χ2n) is 11.9. The van der Waals surface area contributed by atoms with E-state index in [-0.39, 0.29) is 24.3 Å². The number of benzene rings is 2. The fraction of sp³-hybridized carbons (Fsp3) is 0.484. The van der Waals surface area contributed by atoms with E-state index in [1.165, 1.54) is 31.2 Å². The predicted molar refractivity (Wildman–Crippen MR) is 156 cm³/mol. The van der Waals surface area contributed by atoms with Crippen LogP contribution in [0.5, 0.6) is 5.75 Å². The number of ether oxygens (including phenoxy) is 2. The van der Waals surface area contributed by atoms with Crippen LogP contribution in [0.25, 0.3) is 0 Å². The Morgan fingerprint density at radius 3 is 2.05 bits per heavy atom. The summed E-state index contributed by atoms with van der Waals surface area (Å²) < 4.78 is 10.8. The highest BCUT2D eigenvalue weighted by Crippen LogP contribution is 2.26. The Hall–Kier alpha value is -4.12. The van der Waals surface area contributed by atoms with Crippen molar-refractivity contribution in [2.75, 3.05) is 13.2 Å². The number of phenolic OH excluding ortho intramolecular Hbond substituents is 1. The van der Waals surface area contributed by atoms with Crippen LogP contribution in [-0.4, -0.2) is 75.4 Å². The molecule has 0 aliphatic carbocycles. The van der Waals surface area contributed by atoms with Crippen molar-refractivity contribution in [3.05, 3.63) is 65.7 Å². The second-order valence-corrected chi connectivity index (χ2v) is 11.9. The van der Waals surface area contributed by atoms with Gasteiger partial charge in [-0.15, -0.1) is 0 Å². The van der Waals surface area contributed by atoms with Gasteiger partial charge in [0.25, 0.3) is 0 Å². The number of hydrogen-bond acceptors (Lipinski definition) is 8. The molecule has 0 radical (unpaired) electrons. The lowest BCUT2D eigenvalue weighted by molar-refractivity contribution is -0.159. The molecule has 2 aromatic rings. The van der Waals surface area contributed by atoms with Crippen LogP contribution in [0, 0.1) is 0 Å². The van der Waals surface area contributed by atoms with Gasteiger partial charge in [-0.05, 0) is 71.7 Å². The Morgan fingerprint density at radius 2 is 1.50 bits per heavy atom. The quantitative estimate of drug-likeness (QED) is 0.293. The number of nitrogens with one attached hydrogen (secondary N) is 2. The predicted octanol–water partition coefficient (Wildman–Crippen LogP) is 3.24. The summed E-state index contributed by atoms with van der Waals surface area (Å²) in [5, 5.41) is 25.2. The summed E-state index contributed by atoms with van der Waals surface area (Å²) in [6, 6.07) is 11.1. The summed E-state index contributed by atoms with van der Waals surface area (Å²) in [4.78, 5) is 54.3. The summed E-state index contributed by atoms with van der Waals surface area (Å²) in [6.07, 6.45) is -0.725. The molecule has 0 fully saturated rings. The van der Waals surface area contributed by atoms with E-state index in [9.17, 15) is 29.4 Å². The first-order chi connectivity index (χ1) is 19.5. The minimum Gasteiger partial charge on any atom is -0.508 e. The van der Waals surface area contributed by atoms with E-state index in [0.717, 1.165) is 10.5 Å². The van der Waals surface area contributed by atoms with Crippen molar-refractivity contribution in [1.29, 1.82) is 0 Å². The first kappa shape index (κ1) is 34.1. The Labute approximate surface area is 247 Å². The Bertz CT molecular complexity index is 1220. The normalized spacial score (nSPS) is 13.7. The minimum atomic E-state index is -1.39. The molecule has 0 heterocycles. The van der Waals surface area contributed by atoms with Crippen LogP contribution < -0.4 is 10.6 Å². The van der Waals surface area contributed by atoms with Gasteiger partial charge in [0, 0.05) is 13.0 Å². The molecule has 0 saturated carbocycles. The van der Waals surface area contributed by atoms with E-state index < -0.39 is 59.8 Å². The van der Waals surface area contributed by atoms with E-state index in [2.05, 4.69) is 10.6 Å². The highest BCUT2D eigenvalue weighted by atomic mass is 16.6. The molecule has 0 aliphatic heterocycles. The maximum atomic E-state index is 14.0.